The summed E-state index contributed by atoms with van der Waals surface area (Å²) in [7, 11) is -4.04. The maximum atomic E-state index is 12.3. The summed E-state index contributed by atoms with van der Waals surface area (Å²) in [5.74, 6) is -0.452. The Balaban J connectivity index is 1.73. The highest BCUT2D eigenvalue weighted by Gasteiger charge is 2.31. The number of Topliss-reactive ketones (excluding diaryl/α,β-unsaturated/α-hetero) is 1. The summed E-state index contributed by atoms with van der Waals surface area (Å²) in [4.78, 5) is 29.1. The van der Waals surface area contributed by atoms with E-state index in [9.17, 15) is 18.0 Å². The second-order valence-corrected chi connectivity index (χ2v) is 9.70. The molecule has 3 rings (SSSR count). The van der Waals surface area contributed by atoms with E-state index in [2.05, 4.69) is 4.98 Å². The second kappa shape index (κ2) is 7.05. The Hall–Kier alpha value is -2.26. The third kappa shape index (κ3) is 3.74. The fourth-order valence-corrected chi connectivity index (χ4v) is 5.43. The molecule has 1 aromatic carbocycles. The molecule has 9 heteroatoms. The molecular weight excluding hydrogens is 388 g/mol. The van der Waals surface area contributed by atoms with Crippen molar-refractivity contribution in [2.24, 2.45) is 0 Å². The SMILES string of the molecule is Cc1ccc(OCC(=O)NS(=O)(=O)c2nc(C)c(C)s2)c2c1C(C)CC2=O. The Morgan fingerprint density at radius 2 is 2.04 bits per heavy atom. The number of carbonyl (C=O) groups is 2. The van der Waals surface area contributed by atoms with Gasteiger partial charge in [-0.05, 0) is 43.9 Å². The molecular formula is C18H20N2O5S2. The van der Waals surface area contributed by atoms with Gasteiger partial charge in [0.1, 0.15) is 5.75 Å². The minimum atomic E-state index is -4.04. The van der Waals surface area contributed by atoms with Crippen LogP contribution < -0.4 is 9.46 Å². The van der Waals surface area contributed by atoms with E-state index in [4.69, 9.17) is 4.74 Å². The minimum absolute atomic E-state index is 0.0297. The summed E-state index contributed by atoms with van der Waals surface area (Å²) in [6.07, 6.45) is 0.403. The van der Waals surface area contributed by atoms with Gasteiger partial charge in [-0.2, -0.15) is 8.42 Å². The van der Waals surface area contributed by atoms with E-state index < -0.39 is 22.5 Å². The van der Waals surface area contributed by atoms with Crippen molar-refractivity contribution in [1.82, 2.24) is 9.71 Å². The van der Waals surface area contributed by atoms with Crippen LogP contribution in [0.4, 0.5) is 0 Å². The topological polar surface area (TPSA) is 102 Å². The van der Waals surface area contributed by atoms with E-state index in [0.717, 1.165) is 27.3 Å². The number of aryl methyl sites for hydroxylation is 3. The minimum Gasteiger partial charge on any atom is -0.483 e. The number of ketones is 1. The zero-order valence-corrected chi connectivity index (χ0v) is 17.1. The molecule has 1 amide bonds. The van der Waals surface area contributed by atoms with Crippen molar-refractivity contribution >= 4 is 33.1 Å². The molecule has 0 aliphatic heterocycles. The Labute approximate surface area is 161 Å². The molecule has 2 aromatic rings. The molecule has 1 atom stereocenters. The number of carbonyl (C=O) groups excluding carboxylic acids is 2. The number of sulfonamides is 1. The first kappa shape index (κ1) is 19.5. The standard InChI is InChI=1S/C18H20N2O5S2/c1-9-5-6-14(17-13(21)7-10(2)16(9)17)25-8-15(22)20-27(23,24)18-19-11(3)12(4)26-18/h5-6,10H,7-8H2,1-4H3,(H,20,22). The number of amides is 1. The first-order valence-corrected chi connectivity index (χ1v) is 10.7. The van der Waals surface area contributed by atoms with Crippen molar-refractivity contribution in [2.75, 3.05) is 6.61 Å². The van der Waals surface area contributed by atoms with Crippen LogP contribution in [0.1, 0.15) is 51.3 Å². The molecule has 0 radical (unpaired) electrons. The van der Waals surface area contributed by atoms with Crippen molar-refractivity contribution in [3.05, 3.63) is 39.4 Å². The fraction of sp³-hybridized carbons (Fsp3) is 0.389. The molecule has 1 unspecified atom stereocenters. The molecule has 1 aliphatic carbocycles. The van der Waals surface area contributed by atoms with Crippen LogP contribution in [0.3, 0.4) is 0 Å². The van der Waals surface area contributed by atoms with Gasteiger partial charge < -0.3 is 4.74 Å². The van der Waals surface area contributed by atoms with E-state index >= 15 is 0 Å². The van der Waals surface area contributed by atoms with Gasteiger partial charge in [0, 0.05) is 11.3 Å². The van der Waals surface area contributed by atoms with E-state index in [0.29, 0.717) is 23.4 Å². The van der Waals surface area contributed by atoms with Gasteiger partial charge in [0.15, 0.2) is 12.4 Å². The fourth-order valence-electron chi connectivity index (χ4n) is 3.15. The maximum absolute atomic E-state index is 12.3. The molecule has 0 fully saturated rings. The summed E-state index contributed by atoms with van der Waals surface area (Å²) in [6.45, 7) is 6.84. The van der Waals surface area contributed by atoms with Crippen LogP contribution in [-0.2, 0) is 14.8 Å². The summed E-state index contributed by atoms with van der Waals surface area (Å²) < 4.78 is 31.8. The van der Waals surface area contributed by atoms with Gasteiger partial charge in [0.25, 0.3) is 15.9 Å². The van der Waals surface area contributed by atoms with Gasteiger partial charge in [-0.3, -0.25) is 9.59 Å². The van der Waals surface area contributed by atoms with Crippen LogP contribution in [0.2, 0.25) is 0 Å². The van der Waals surface area contributed by atoms with E-state index in [1.807, 2.05) is 24.6 Å². The van der Waals surface area contributed by atoms with Crippen LogP contribution >= 0.6 is 11.3 Å². The van der Waals surface area contributed by atoms with Gasteiger partial charge >= 0.3 is 0 Å². The molecule has 27 heavy (non-hydrogen) atoms. The van der Waals surface area contributed by atoms with Crippen molar-refractivity contribution in [3.63, 3.8) is 0 Å². The van der Waals surface area contributed by atoms with Crippen LogP contribution in [0.25, 0.3) is 0 Å². The van der Waals surface area contributed by atoms with E-state index in [1.54, 1.807) is 19.9 Å². The van der Waals surface area contributed by atoms with Crippen LogP contribution in [0.5, 0.6) is 5.75 Å². The number of rotatable bonds is 5. The molecule has 1 heterocycles. The Morgan fingerprint density at radius 1 is 1.33 bits per heavy atom. The molecule has 1 aromatic heterocycles. The zero-order valence-electron chi connectivity index (χ0n) is 15.5. The van der Waals surface area contributed by atoms with Crippen molar-refractivity contribution in [3.8, 4) is 5.75 Å². The lowest BCUT2D eigenvalue weighted by atomic mass is 9.97. The zero-order chi connectivity index (χ0) is 19.9. The molecule has 0 bridgehead atoms. The van der Waals surface area contributed by atoms with E-state index in [-0.39, 0.29) is 16.0 Å². The smallest absolute Gasteiger partial charge is 0.291 e. The Kier molecular flexibility index (Phi) is 5.09. The quantitative estimate of drug-likeness (QED) is 0.816. The number of hydrogen-bond acceptors (Lipinski definition) is 7. The second-order valence-electron chi connectivity index (χ2n) is 6.64. The van der Waals surface area contributed by atoms with Crippen molar-refractivity contribution < 1.29 is 22.7 Å². The van der Waals surface area contributed by atoms with E-state index in [1.165, 1.54) is 0 Å². The highest BCUT2D eigenvalue weighted by atomic mass is 32.2. The molecule has 1 N–H and O–H groups in total. The predicted octanol–water partition coefficient (Wildman–Crippen LogP) is 2.64. The van der Waals surface area contributed by atoms with Gasteiger partial charge in [-0.1, -0.05) is 13.0 Å². The summed E-state index contributed by atoms with van der Waals surface area (Å²) in [6, 6.07) is 3.47. The van der Waals surface area contributed by atoms with Crippen LogP contribution in [0, 0.1) is 20.8 Å². The molecule has 0 saturated carbocycles. The summed E-state index contributed by atoms with van der Waals surface area (Å²) >= 11 is 0.997. The van der Waals surface area contributed by atoms with Gasteiger partial charge in [0.2, 0.25) is 4.34 Å². The highest BCUT2D eigenvalue weighted by Crippen LogP contribution is 2.40. The number of fused-ring (bicyclic) bond motifs is 1. The lowest BCUT2D eigenvalue weighted by Crippen LogP contribution is -2.34. The predicted molar refractivity (Wildman–Crippen MR) is 101 cm³/mol. The number of nitrogens with one attached hydrogen (secondary N) is 1. The molecule has 144 valence electrons. The molecule has 0 spiro atoms. The number of hydrogen-bond donors (Lipinski definition) is 1. The van der Waals surface area contributed by atoms with Gasteiger partial charge in [0.05, 0.1) is 11.3 Å². The average molecular weight is 409 g/mol. The normalized spacial score (nSPS) is 16.3. The molecule has 7 nitrogen and oxygen atoms in total. The number of thiazole rings is 1. The highest BCUT2D eigenvalue weighted by molar-refractivity contribution is 7.92. The molecule has 1 aliphatic rings. The number of aromatic nitrogens is 1. The van der Waals surface area contributed by atoms with Gasteiger partial charge in [-0.25, -0.2) is 9.71 Å². The van der Waals surface area contributed by atoms with Gasteiger partial charge in [-0.15, -0.1) is 11.3 Å². The molecule has 0 saturated heterocycles. The lowest BCUT2D eigenvalue weighted by Gasteiger charge is -2.13. The Morgan fingerprint density at radius 3 is 2.67 bits per heavy atom. The monoisotopic (exact) mass is 408 g/mol. The third-order valence-electron chi connectivity index (χ3n) is 4.53. The first-order valence-electron chi connectivity index (χ1n) is 8.39. The van der Waals surface area contributed by atoms with Crippen molar-refractivity contribution in [2.45, 2.75) is 44.4 Å². The summed E-state index contributed by atoms with van der Waals surface area (Å²) in [5.41, 5.74) is 3.02. The lowest BCUT2D eigenvalue weighted by molar-refractivity contribution is -0.121. The van der Waals surface area contributed by atoms with Crippen LogP contribution in [0.15, 0.2) is 16.5 Å². The number of ether oxygens (including phenoxy) is 1. The first-order chi connectivity index (χ1) is 12.6. The summed E-state index contributed by atoms with van der Waals surface area (Å²) in [5, 5.41) is 0. The third-order valence-corrected chi connectivity index (χ3v) is 7.36. The van der Waals surface area contributed by atoms with Crippen LogP contribution in [-0.4, -0.2) is 31.7 Å². The average Bonchev–Trinajstić information content (AvgIpc) is 3.07. The largest absolute Gasteiger partial charge is 0.483 e. The Bertz CT molecular complexity index is 1020. The number of nitrogens with zero attached hydrogens (tertiary/aromatic N) is 1. The van der Waals surface area contributed by atoms with Crippen molar-refractivity contribution in [1.29, 1.82) is 0 Å². The number of benzene rings is 1. The maximum Gasteiger partial charge on any atom is 0.291 e.